The summed E-state index contributed by atoms with van der Waals surface area (Å²) in [6.45, 7) is 1.83. The Morgan fingerprint density at radius 1 is 1.31 bits per heavy atom. The van der Waals surface area contributed by atoms with Crippen molar-refractivity contribution in [3.8, 4) is 0 Å². The number of aryl methyl sites for hydroxylation is 1. The third-order valence-electron chi connectivity index (χ3n) is 1.79. The largest absolute Gasteiger partial charge is 0.370 e. The lowest BCUT2D eigenvalue weighted by Crippen LogP contribution is -2.39. The molecule has 1 aromatic carbocycles. The molecule has 86 valence electrons. The average Bonchev–Trinajstić information content (AvgIpc) is 2.17. The van der Waals surface area contributed by atoms with Crippen LogP contribution in [0.5, 0.6) is 0 Å². The molecule has 0 spiro atoms. The Bertz CT molecular complexity index is 444. The summed E-state index contributed by atoms with van der Waals surface area (Å²) in [5, 5.41) is 20.2. The number of anilines is 1. The molecule has 0 bridgehead atoms. The van der Waals surface area contributed by atoms with Gasteiger partial charge in [-0.25, -0.2) is 0 Å². The van der Waals surface area contributed by atoms with Crippen LogP contribution in [0.3, 0.4) is 0 Å². The van der Waals surface area contributed by atoms with Crippen LogP contribution in [-0.2, 0) is 0 Å². The molecule has 0 aliphatic rings. The average molecular weight is 260 g/mol. The lowest BCUT2D eigenvalue weighted by Gasteiger charge is -2.13. The summed E-state index contributed by atoms with van der Waals surface area (Å²) < 4.78 is 0. The van der Waals surface area contributed by atoms with Crippen LogP contribution in [0.4, 0.5) is 5.69 Å². The summed E-state index contributed by atoms with van der Waals surface area (Å²) in [4.78, 5) is 0. The Kier molecular flexibility index (Phi) is 3.98. The third-order valence-corrected chi connectivity index (χ3v) is 2.60. The molecular weight excluding hydrogens is 249 g/mol. The normalized spacial score (nSPS) is 9.69. The molecule has 0 saturated heterocycles. The van der Waals surface area contributed by atoms with Crippen LogP contribution < -0.4 is 16.4 Å². The minimum atomic E-state index is -0.336. The first-order valence-corrected chi connectivity index (χ1v) is 5.08. The van der Waals surface area contributed by atoms with Crippen LogP contribution in [0.1, 0.15) is 5.56 Å². The van der Waals surface area contributed by atoms with Crippen molar-refractivity contribution in [1.29, 1.82) is 10.8 Å². The van der Waals surface area contributed by atoms with E-state index in [1.54, 1.807) is 12.1 Å². The summed E-state index contributed by atoms with van der Waals surface area (Å²) >= 11 is 11.9. The predicted octanol–water partition coefficient (Wildman–Crippen LogP) is 2.13. The molecule has 0 aliphatic heterocycles. The SMILES string of the molecule is Cc1ccc(Cl)c(NC(=N)NC(=N)N)c1Cl. The van der Waals surface area contributed by atoms with E-state index in [1.807, 2.05) is 6.92 Å². The number of benzene rings is 1. The molecular formula is C9H11Cl2N5. The van der Waals surface area contributed by atoms with Crippen molar-refractivity contribution in [2.75, 3.05) is 5.32 Å². The van der Waals surface area contributed by atoms with E-state index in [2.05, 4.69) is 10.6 Å². The number of hydrogen-bond donors (Lipinski definition) is 5. The Hall–Kier alpha value is -1.46. The number of guanidine groups is 2. The molecule has 0 aliphatic carbocycles. The van der Waals surface area contributed by atoms with E-state index in [0.717, 1.165) is 5.56 Å². The van der Waals surface area contributed by atoms with Crippen molar-refractivity contribution < 1.29 is 0 Å². The van der Waals surface area contributed by atoms with Crippen LogP contribution >= 0.6 is 23.2 Å². The van der Waals surface area contributed by atoms with E-state index in [9.17, 15) is 0 Å². The summed E-state index contributed by atoms with van der Waals surface area (Å²) in [7, 11) is 0. The van der Waals surface area contributed by atoms with Gasteiger partial charge in [0.25, 0.3) is 0 Å². The molecule has 6 N–H and O–H groups in total. The lowest BCUT2D eigenvalue weighted by molar-refractivity contribution is 1.20. The molecule has 0 saturated carbocycles. The fraction of sp³-hybridized carbons (Fsp3) is 0.111. The summed E-state index contributed by atoms with van der Waals surface area (Å²) in [6.07, 6.45) is 0. The first-order valence-electron chi connectivity index (χ1n) is 4.33. The summed E-state index contributed by atoms with van der Waals surface area (Å²) in [5.74, 6) is -0.501. The van der Waals surface area contributed by atoms with Gasteiger partial charge in [-0.05, 0) is 18.6 Å². The van der Waals surface area contributed by atoms with E-state index >= 15 is 0 Å². The lowest BCUT2D eigenvalue weighted by atomic mass is 10.2. The first-order chi connectivity index (χ1) is 7.41. The van der Waals surface area contributed by atoms with Crippen molar-refractivity contribution in [1.82, 2.24) is 5.32 Å². The van der Waals surface area contributed by atoms with E-state index in [0.29, 0.717) is 15.7 Å². The maximum atomic E-state index is 7.46. The van der Waals surface area contributed by atoms with Gasteiger partial charge in [-0.1, -0.05) is 29.3 Å². The van der Waals surface area contributed by atoms with Gasteiger partial charge in [-0.15, -0.1) is 0 Å². The van der Waals surface area contributed by atoms with Gasteiger partial charge in [0.1, 0.15) is 0 Å². The Morgan fingerprint density at radius 3 is 2.50 bits per heavy atom. The second-order valence-corrected chi connectivity index (χ2v) is 3.88. The molecule has 0 fully saturated rings. The van der Waals surface area contributed by atoms with E-state index in [-0.39, 0.29) is 11.9 Å². The number of rotatable bonds is 1. The van der Waals surface area contributed by atoms with E-state index in [4.69, 9.17) is 39.8 Å². The molecule has 0 heterocycles. The minimum absolute atomic E-state index is 0.165. The van der Waals surface area contributed by atoms with Gasteiger partial charge < -0.3 is 11.1 Å². The van der Waals surface area contributed by atoms with E-state index < -0.39 is 0 Å². The molecule has 16 heavy (non-hydrogen) atoms. The molecule has 1 aromatic rings. The zero-order valence-electron chi connectivity index (χ0n) is 8.49. The van der Waals surface area contributed by atoms with Gasteiger partial charge in [-0.2, -0.15) is 0 Å². The summed E-state index contributed by atoms with van der Waals surface area (Å²) in [6, 6.07) is 3.45. The highest BCUT2D eigenvalue weighted by atomic mass is 35.5. The van der Waals surface area contributed by atoms with Crippen molar-refractivity contribution >= 4 is 40.8 Å². The van der Waals surface area contributed by atoms with Gasteiger partial charge >= 0.3 is 0 Å². The molecule has 5 nitrogen and oxygen atoms in total. The van der Waals surface area contributed by atoms with Gasteiger partial charge in [0.15, 0.2) is 11.9 Å². The molecule has 0 radical (unpaired) electrons. The number of hydrogen-bond acceptors (Lipinski definition) is 2. The van der Waals surface area contributed by atoms with Crippen LogP contribution in [0, 0.1) is 17.7 Å². The Balaban J connectivity index is 2.93. The smallest absolute Gasteiger partial charge is 0.199 e. The van der Waals surface area contributed by atoms with Gasteiger partial charge in [0.2, 0.25) is 0 Å². The van der Waals surface area contributed by atoms with Crippen LogP contribution in [-0.4, -0.2) is 11.9 Å². The number of nitrogens with one attached hydrogen (secondary N) is 4. The summed E-state index contributed by atoms with van der Waals surface area (Å²) in [5.41, 5.74) is 6.33. The van der Waals surface area contributed by atoms with Crippen molar-refractivity contribution in [3.63, 3.8) is 0 Å². The second kappa shape index (κ2) is 5.05. The van der Waals surface area contributed by atoms with Crippen molar-refractivity contribution in [2.24, 2.45) is 5.73 Å². The zero-order valence-corrected chi connectivity index (χ0v) is 10.00. The second-order valence-electron chi connectivity index (χ2n) is 3.09. The monoisotopic (exact) mass is 259 g/mol. The molecule has 0 unspecified atom stereocenters. The van der Waals surface area contributed by atoms with E-state index in [1.165, 1.54) is 0 Å². The minimum Gasteiger partial charge on any atom is -0.370 e. The van der Waals surface area contributed by atoms with Crippen molar-refractivity contribution in [2.45, 2.75) is 6.92 Å². The molecule has 7 heteroatoms. The zero-order chi connectivity index (χ0) is 12.3. The maximum absolute atomic E-state index is 7.46. The number of halogens is 2. The van der Waals surface area contributed by atoms with Gasteiger partial charge in [0, 0.05) is 0 Å². The Morgan fingerprint density at radius 2 is 1.94 bits per heavy atom. The third kappa shape index (κ3) is 3.01. The molecule has 0 amide bonds. The Labute approximate surface area is 103 Å². The fourth-order valence-electron chi connectivity index (χ4n) is 1.06. The van der Waals surface area contributed by atoms with Crippen LogP contribution in [0.15, 0.2) is 12.1 Å². The molecule has 0 aromatic heterocycles. The molecule has 0 atom stereocenters. The molecule has 1 rings (SSSR count). The fourth-order valence-corrected chi connectivity index (χ4v) is 1.53. The quantitative estimate of drug-likeness (QED) is 0.395. The highest BCUT2D eigenvalue weighted by molar-refractivity contribution is 6.40. The highest BCUT2D eigenvalue weighted by Crippen LogP contribution is 2.32. The number of nitrogens with two attached hydrogens (primary N) is 1. The topological polar surface area (TPSA) is 97.8 Å². The van der Waals surface area contributed by atoms with Crippen LogP contribution in [0.2, 0.25) is 10.0 Å². The first kappa shape index (κ1) is 12.6. The van der Waals surface area contributed by atoms with Crippen molar-refractivity contribution in [3.05, 3.63) is 27.7 Å². The van der Waals surface area contributed by atoms with Gasteiger partial charge in [0.05, 0.1) is 15.7 Å². The van der Waals surface area contributed by atoms with Crippen LogP contribution in [0.25, 0.3) is 0 Å². The predicted molar refractivity (Wildman–Crippen MR) is 67.6 cm³/mol. The maximum Gasteiger partial charge on any atom is 0.199 e. The van der Waals surface area contributed by atoms with Gasteiger partial charge in [-0.3, -0.25) is 16.1 Å². The highest BCUT2D eigenvalue weighted by Gasteiger charge is 2.09. The standard InChI is InChI=1S/C9H11Cl2N5/c1-4-2-3-5(10)7(6(4)11)15-9(14)16-8(12)13/h2-3H,1H3,(H6,12,13,14,15,16).